The molecule has 0 amide bonds. The maximum atomic E-state index is 5.78. The minimum absolute atomic E-state index is 0.163. The predicted molar refractivity (Wildman–Crippen MR) is 69.7 cm³/mol. The molecule has 0 radical (unpaired) electrons. The van der Waals surface area contributed by atoms with Crippen LogP contribution in [0.1, 0.15) is 11.1 Å². The zero-order valence-corrected chi connectivity index (χ0v) is 10.2. The van der Waals surface area contributed by atoms with Crippen molar-refractivity contribution in [3.05, 3.63) is 40.8 Å². The summed E-state index contributed by atoms with van der Waals surface area (Å²) >= 11 is 5.74. The summed E-state index contributed by atoms with van der Waals surface area (Å²) in [6.07, 6.45) is 1.48. The molecule has 0 saturated heterocycles. The van der Waals surface area contributed by atoms with Crippen LogP contribution in [0.2, 0.25) is 5.28 Å². The van der Waals surface area contributed by atoms with Crippen molar-refractivity contribution in [3.63, 3.8) is 0 Å². The molecule has 1 aromatic heterocycles. The van der Waals surface area contributed by atoms with E-state index in [0.29, 0.717) is 24.7 Å². The smallest absolute Gasteiger partial charge is 0.224 e. The van der Waals surface area contributed by atoms with E-state index in [9.17, 15) is 0 Å². The molecule has 1 aromatic carbocycles. The van der Waals surface area contributed by atoms with Gasteiger partial charge in [0.15, 0.2) is 5.82 Å². The third-order valence-electron chi connectivity index (χ3n) is 2.77. The Labute approximate surface area is 109 Å². The molecular formula is C12H11ClN4O. The lowest BCUT2D eigenvalue weighted by Gasteiger charge is -2.09. The highest BCUT2D eigenvalue weighted by Crippen LogP contribution is 2.26. The van der Waals surface area contributed by atoms with Gasteiger partial charge in [-0.25, -0.2) is 4.98 Å². The molecule has 0 fully saturated rings. The van der Waals surface area contributed by atoms with Crippen LogP contribution < -0.4 is 11.1 Å². The fraction of sp³-hybridized carbons (Fsp3) is 0.167. The average Bonchev–Trinajstić information content (AvgIpc) is 2.81. The molecule has 18 heavy (non-hydrogen) atoms. The number of fused-ring (bicyclic) bond motifs is 1. The van der Waals surface area contributed by atoms with Crippen LogP contribution in [-0.2, 0) is 18.0 Å². The van der Waals surface area contributed by atoms with Crippen molar-refractivity contribution in [2.75, 3.05) is 11.1 Å². The normalized spacial score (nSPS) is 13.4. The van der Waals surface area contributed by atoms with Gasteiger partial charge in [0, 0.05) is 5.69 Å². The first-order valence-corrected chi connectivity index (χ1v) is 5.85. The van der Waals surface area contributed by atoms with E-state index >= 15 is 0 Å². The number of anilines is 3. The molecule has 2 aromatic rings. The molecule has 0 bridgehead atoms. The van der Waals surface area contributed by atoms with Gasteiger partial charge in [0.05, 0.1) is 25.1 Å². The topological polar surface area (TPSA) is 73.1 Å². The van der Waals surface area contributed by atoms with E-state index in [-0.39, 0.29) is 5.28 Å². The number of hydrogen-bond acceptors (Lipinski definition) is 5. The van der Waals surface area contributed by atoms with Crippen LogP contribution in [-0.4, -0.2) is 9.97 Å². The van der Waals surface area contributed by atoms with Crippen molar-refractivity contribution in [1.29, 1.82) is 0 Å². The number of benzene rings is 1. The number of nitrogens with two attached hydrogens (primary N) is 1. The number of rotatable bonds is 2. The van der Waals surface area contributed by atoms with Gasteiger partial charge < -0.3 is 15.8 Å². The van der Waals surface area contributed by atoms with Crippen LogP contribution >= 0.6 is 11.6 Å². The van der Waals surface area contributed by atoms with Crippen molar-refractivity contribution in [3.8, 4) is 0 Å². The highest BCUT2D eigenvalue weighted by molar-refractivity contribution is 6.28. The fourth-order valence-corrected chi connectivity index (χ4v) is 1.99. The van der Waals surface area contributed by atoms with Gasteiger partial charge in [-0.1, -0.05) is 6.07 Å². The van der Waals surface area contributed by atoms with Crippen LogP contribution in [0.5, 0.6) is 0 Å². The highest BCUT2D eigenvalue weighted by atomic mass is 35.5. The Balaban J connectivity index is 1.90. The Bertz CT molecular complexity index is 603. The summed E-state index contributed by atoms with van der Waals surface area (Å²) < 4.78 is 5.36. The quantitative estimate of drug-likeness (QED) is 0.814. The van der Waals surface area contributed by atoms with E-state index in [1.807, 2.05) is 18.2 Å². The molecule has 0 unspecified atom stereocenters. The fourth-order valence-electron chi connectivity index (χ4n) is 1.86. The Hall–Kier alpha value is -1.85. The standard InChI is InChI=1S/C12H11ClN4O/c13-12-15-4-10(14)11(17-12)16-9-2-1-7-5-18-6-8(7)3-9/h1-4H,5-6,14H2,(H,15,16,17). The Morgan fingerprint density at radius 1 is 1.28 bits per heavy atom. The van der Waals surface area contributed by atoms with Crippen molar-refractivity contribution in [1.82, 2.24) is 9.97 Å². The second-order valence-electron chi connectivity index (χ2n) is 4.04. The average molecular weight is 263 g/mol. The zero-order chi connectivity index (χ0) is 12.5. The second-order valence-corrected chi connectivity index (χ2v) is 4.38. The van der Waals surface area contributed by atoms with E-state index in [1.54, 1.807) is 0 Å². The summed E-state index contributed by atoms with van der Waals surface area (Å²) in [7, 11) is 0. The Morgan fingerprint density at radius 3 is 3.00 bits per heavy atom. The molecular weight excluding hydrogens is 252 g/mol. The summed E-state index contributed by atoms with van der Waals surface area (Å²) in [6.45, 7) is 1.32. The summed E-state index contributed by atoms with van der Waals surface area (Å²) in [5.74, 6) is 0.508. The number of halogens is 1. The number of nitrogen functional groups attached to an aromatic ring is 1. The van der Waals surface area contributed by atoms with Crippen LogP contribution in [0.15, 0.2) is 24.4 Å². The van der Waals surface area contributed by atoms with Gasteiger partial charge in [-0.3, -0.25) is 0 Å². The molecule has 0 spiro atoms. The van der Waals surface area contributed by atoms with Crippen LogP contribution in [0.3, 0.4) is 0 Å². The molecule has 5 nitrogen and oxygen atoms in total. The van der Waals surface area contributed by atoms with Crippen LogP contribution in [0.4, 0.5) is 17.2 Å². The minimum Gasteiger partial charge on any atom is -0.394 e. The first-order valence-electron chi connectivity index (χ1n) is 5.47. The second kappa shape index (κ2) is 4.44. The highest BCUT2D eigenvalue weighted by Gasteiger charge is 2.12. The third-order valence-corrected chi connectivity index (χ3v) is 2.95. The lowest BCUT2D eigenvalue weighted by atomic mass is 10.1. The third kappa shape index (κ3) is 2.10. The lowest BCUT2D eigenvalue weighted by molar-refractivity contribution is 0.134. The molecule has 3 rings (SSSR count). The van der Waals surface area contributed by atoms with Crippen molar-refractivity contribution in [2.45, 2.75) is 13.2 Å². The van der Waals surface area contributed by atoms with Gasteiger partial charge in [-0.2, -0.15) is 4.98 Å². The molecule has 1 aliphatic rings. The zero-order valence-electron chi connectivity index (χ0n) is 9.48. The van der Waals surface area contributed by atoms with Crippen LogP contribution in [0.25, 0.3) is 0 Å². The van der Waals surface area contributed by atoms with Gasteiger partial charge in [0.1, 0.15) is 0 Å². The van der Waals surface area contributed by atoms with E-state index in [1.165, 1.54) is 17.3 Å². The number of hydrogen-bond donors (Lipinski definition) is 2. The Kier molecular flexibility index (Phi) is 2.77. The predicted octanol–water partition coefficient (Wildman–Crippen LogP) is 2.49. The first kappa shape index (κ1) is 11.3. The summed E-state index contributed by atoms with van der Waals surface area (Å²) in [6, 6.07) is 6.02. The molecule has 2 heterocycles. The molecule has 92 valence electrons. The molecule has 1 aliphatic heterocycles. The summed E-state index contributed by atoms with van der Waals surface area (Å²) in [5, 5.41) is 3.29. The minimum atomic E-state index is 0.163. The summed E-state index contributed by atoms with van der Waals surface area (Å²) in [4.78, 5) is 7.86. The molecule has 0 atom stereocenters. The lowest BCUT2D eigenvalue weighted by Crippen LogP contribution is -2.01. The maximum absolute atomic E-state index is 5.78. The largest absolute Gasteiger partial charge is 0.394 e. The monoisotopic (exact) mass is 262 g/mol. The number of nitrogens with zero attached hydrogens (tertiary/aromatic N) is 2. The van der Waals surface area contributed by atoms with Gasteiger partial charge in [0.25, 0.3) is 0 Å². The van der Waals surface area contributed by atoms with Crippen molar-refractivity contribution < 1.29 is 4.74 Å². The van der Waals surface area contributed by atoms with Gasteiger partial charge in [-0.05, 0) is 34.9 Å². The van der Waals surface area contributed by atoms with E-state index < -0.39 is 0 Å². The molecule has 0 aliphatic carbocycles. The molecule has 0 saturated carbocycles. The van der Waals surface area contributed by atoms with Gasteiger partial charge >= 0.3 is 0 Å². The van der Waals surface area contributed by atoms with Crippen molar-refractivity contribution in [2.24, 2.45) is 0 Å². The number of nitrogens with one attached hydrogen (secondary N) is 1. The Morgan fingerprint density at radius 2 is 2.11 bits per heavy atom. The maximum Gasteiger partial charge on any atom is 0.224 e. The SMILES string of the molecule is Nc1cnc(Cl)nc1Nc1ccc2c(c1)COC2. The van der Waals surface area contributed by atoms with Crippen molar-refractivity contribution >= 4 is 28.8 Å². The summed E-state index contributed by atoms with van der Waals surface area (Å²) in [5.41, 5.74) is 9.53. The van der Waals surface area contributed by atoms with E-state index in [0.717, 1.165) is 5.69 Å². The first-order chi connectivity index (χ1) is 8.72. The van der Waals surface area contributed by atoms with Gasteiger partial charge in [0.2, 0.25) is 5.28 Å². The van der Waals surface area contributed by atoms with E-state index in [4.69, 9.17) is 22.1 Å². The van der Waals surface area contributed by atoms with Gasteiger partial charge in [-0.15, -0.1) is 0 Å². The molecule has 6 heteroatoms. The number of ether oxygens (including phenoxy) is 1. The van der Waals surface area contributed by atoms with E-state index in [2.05, 4.69) is 15.3 Å². The van der Waals surface area contributed by atoms with Crippen LogP contribution in [0, 0.1) is 0 Å². The molecule has 3 N–H and O–H groups in total. The number of aromatic nitrogens is 2.